The van der Waals surface area contributed by atoms with Crippen LogP contribution in [0.15, 0.2) is 54.2 Å². The monoisotopic (exact) mass is 436 g/mol. The average Bonchev–Trinajstić information content (AvgIpc) is 3.41. The maximum Gasteiger partial charge on any atom is 0.226 e. The van der Waals surface area contributed by atoms with Crippen molar-refractivity contribution in [1.29, 1.82) is 0 Å². The molecule has 0 radical (unpaired) electrons. The number of carbonyl (C=O) groups is 1. The number of hydrogen-bond donors (Lipinski definition) is 1. The van der Waals surface area contributed by atoms with Crippen molar-refractivity contribution in [2.24, 2.45) is 12.5 Å². The molecule has 1 N–H and O–H groups in total. The van der Waals surface area contributed by atoms with E-state index in [-0.39, 0.29) is 17.4 Å². The van der Waals surface area contributed by atoms with Crippen molar-refractivity contribution in [2.75, 3.05) is 13.1 Å². The largest absolute Gasteiger partial charge is 0.353 e. The zero-order chi connectivity index (χ0) is 21.8. The van der Waals surface area contributed by atoms with Crippen molar-refractivity contribution in [3.05, 3.63) is 65.3 Å². The first-order chi connectivity index (χ1) is 14.9. The van der Waals surface area contributed by atoms with E-state index < -0.39 is 0 Å². The predicted octanol–water partition coefficient (Wildman–Crippen LogP) is 4.50. The first-order valence-corrected chi connectivity index (χ1v) is 12.0. The van der Waals surface area contributed by atoms with E-state index in [4.69, 9.17) is 0 Å². The van der Waals surface area contributed by atoms with Crippen LogP contribution in [0.3, 0.4) is 0 Å². The Morgan fingerprint density at radius 3 is 2.65 bits per heavy atom. The van der Waals surface area contributed by atoms with Gasteiger partial charge in [-0.3, -0.25) is 14.4 Å². The topological polar surface area (TPSA) is 50.2 Å². The second-order valence-corrected chi connectivity index (χ2v) is 10.0. The maximum atomic E-state index is 13.4. The Balaban J connectivity index is 1.51. The minimum atomic E-state index is -0.357. The quantitative estimate of drug-likeness (QED) is 0.593. The molecule has 0 unspecified atom stereocenters. The zero-order valence-corrected chi connectivity index (χ0v) is 19.5. The summed E-state index contributed by atoms with van der Waals surface area (Å²) >= 11 is 1.75. The minimum absolute atomic E-state index is 0.148. The maximum absolute atomic E-state index is 13.4. The molecule has 1 aliphatic heterocycles. The zero-order valence-electron chi connectivity index (χ0n) is 18.7. The van der Waals surface area contributed by atoms with Crippen LogP contribution in [0, 0.1) is 5.41 Å². The van der Waals surface area contributed by atoms with Gasteiger partial charge in [0.15, 0.2) is 0 Å². The molecule has 1 fully saturated rings. The van der Waals surface area contributed by atoms with Crippen molar-refractivity contribution < 1.29 is 4.79 Å². The number of likely N-dealkylation sites (tertiary alicyclic amines) is 1. The first-order valence-electron chi connectivity index (χ1n) is 11.1. The van der Waals surface area contributed by atoms with E-state index in [1.807, 2.05) is 31.8 Å². The van der Waals surface area contributed by atoms with Gasteiger partial charge in [0.2, 0.25) is 5.91 Å². The molecule has 0 bridgehead atoms. The first kappa shape index (κ1) is 21.8. The lowest BCUT2D eigenvalue weighted by molar-refractivity contribution is -0.134. The summed E-state index contributed by atoms with van der Waals surface area (Å²) in [7, 11) is 1.95. The number of benzene rings is 1. The van der Waals surface area contributed by atoms with Gasteiger partial charge in [-0.15, -0.1) is 11.3 Å². The van der Waals surface area contributed by atoms with Crippen molar-refractivity contribution in [3.63, 3.8) is 0 Å². The van der Waals surface area contributed by atoms with E-state index in [0.29, 0.717) is 0 Å². The van der Waals surface area contributed by atoms with Crippen molar-refractivity contribution in [2.45, 2.75) is 45.7 Å². The number of rotatable bonds is 7. The van der Waals surface area contributed by atoms with Crippen LogP contribution >= 0.6 is 11.3 Å². The third kappa shape index (κ3) is 5.25. The molecule has 0 saturated carbocycles. The molecule has 1 amide bonds. The Kier molecular flexibility index (Phi) is 6.58. The van der Waals surface area contributed by atoms with Crippen LogP contribution in [-0.4, -0.2) is 39.7 Å². The Labute approximate surface area is 189 Å². The number of carbonyl (C=O) groups excluding carboxylic acids is 1. The second kappa shape index (κ2) is 9.37. The van der Waals surface area contributed by atoms with Gasteiger partial charge < -0.3 is 5.32 Å². The number of amides is 1. The Hall–Kier alpha value is -2.44. The van der Waals surface area contributed by atoms with Crippen LogP contribution in [0.4, 0.5) is 0 Å². The van der Waals surface area contributed by atoms with Gasteiger partial charge in [0.05, 0.1) is 11.6 Å². The fraction of sp³-hybridized carbons (Fsp3) is 0.440. The molecule has 3 aromatic rings. The van der Waals surface area contributed by atoms with Gasteiger partial charge in [0, 0.05) is 36.3 Å². The van der Waals surface area contributed by atoms with Crippen LogP contribution in [-0.2, 0) is 24.8 Å². The Morgan fingerprint density at radius 2 is 2.00 bits per heavy atom. The van der Waals surface area contributed by atoms with Gasteiger partial charge in [-0.25, -0.2) is 0 Å². The van der Waals surface area contributed by atoms with E-state index in [1.165, 1.54) is 21.6 Å². The Morgan fingerprint density at radius 1 is 1.19 bits per heavy atom. The van der Waals surface area contributed by atoms with Gasteiger partial charge in [-0.1, -0.05) is 30.3 Å². The molecule has 164 valence electrons. The number of aromatic nitrogens is 2. The molecule has 31 heavy (non-hydrogen) atoms. The third-order valence-corrected chi connectivity index (χ3v) is 7.07. The number of aryl methyl sites for hydroxylation is 1. The summed E-state index contributed by atoms with van der Waals surface area (Å²) in [6.07, 6.45) is 6.53. The van der Waals surface area contributed by atoms with Crippen LogP contribution in [0.2, 0.25) is 0 Å². The molecule has 1 aromatic carbocycles. The summed E-state index contributed by atoms with van der Waals surface area (Å²) in [5, 5.41) is 9.61. The van der Waals surface area contributed by atoms with Gasteiger partial charge >= 0.3 is 0 Å². The number of nitrogens with zero attached hydrogens (tertiary/aromatic N) is 3. The molecule has 0 aliphatic carbocycles. The average molecular weight is 437 g/mol. The molecule has 3 heterocycles. The SMILES string of the molecule is CC(C)NC(=O)C1(Cc2cccc(-c3cccs3)c2)CCN(Cc2cnn(C)c2)CC1. The standard InChI is InChI=1S/C25H32N4OS/c1-19(2)27-24(30)25(9-11-29(12-10-25)18-21-16-26-28(3)17-21)15-20-6-4-7-22(14-20)23-8-5-13-31-23/h4-8,13-14,16-17,19H,9-12,15,18H2,1-3H3,(H,27,30). The van der Waals surface area contributed by atoms with Crippen molar-refractivity contribution in [1.82, 2.24) is 20.0 Å². The van der Waals surface area contributed by atoms with E-state index in [0.717, 1.165) is 38.9 Å². The highest BCUT2D eigenvalue weighted by Crippen LogP contribution is 2.37. The van der Waals surface area contributed by atoms with E-state index >= 15 is 0 Å². The van der Waals surface area contributed by atoms with Gasteiger partial charge in [0.1, 0.15) is 0 Å². The molecule has 1 aliphatic rings. The summed E-state index contributed by atoms with van der Waals surface area (Å²) in [5.74, 6) is 0.199. The molecule has 6 heteroatoms. The van der Waals surface area contributed by atoms with E-state index in [9.17, 15) is 4.79 Å². The highest BCUT2D eigenvalue weighted by atomic mass is 32.1. The highest BCUT2D eigenvalue weighted by Gasteiger charge is 2.41. The lowest BCUT2D eigenvalue weighted by Gasteiger charge is -2.41. The smallest absolute Gasteiger partial charge is 0.226 e. The predicted molar refractivity (Wildman–Crippen MR) is 127 cm³/mol. The summed E-state index contributed by atoms with van der Waals surface area (Å²) in [4.78, 5) is 17.1. The molecular weight excluding hydrogens is 404 g/mol. The van der Waals surface area contributed by atoms with Gasteiger partial charge in [-0.05, 0) is 68.8 Å². The Bertz CT molecular complexity index is 1000. The minimum Gasteiger partial charge on any atom is -0.353 e. The lowest BCUT2D eigenvalue weighted by atomic mass is 9.72. The lowest BCUT2D eigenvalue weighted by Crippen LogP contribution is -2.51. The fourth-order valence-corrected chi connectivity index (χ4v) is 5.24. The summed E-state index contributed by atoms with van der Waals surface area (Å²) in [6.45, 7) is 6.82. The molecular formula is C25H32N4OS. The van der Waals surface area contributed by atoms with Crippen molar-refractivity contribution >= 4 is 17.2 Å². The highest BCUT2D eigenvalue weighted by molar-refractivity contribution is 7.13. The normalized spacial score (nSPS) is 16.5. The van der Waals surface area contributed by atoms with Gasteiger partial charge in [0.25, 0.3) is 0 Å². The molecule has 2 aromatic heterocycles. The number of hydrogen-bond acceptors (Lipinski definition) is 4. The van der Waals surface area contributed by atoms with E-state index in [2.05, 4.69) is 63.3 Å². The summed E-state index contributed by atoms with van der Waals surface area (Å²) in [5.41, 5.74) is 3.35. The van der Waals surface area contributed by atoms with Crippen LogP contribution in [0.5, 0.6) is 0 Å². The fourth-order valence-electron chi connectivity index (χ4n) is 4.52. The number of nitrogens with one attached hydrogen (secondary N) is 1. The summed E-state index contributed by atoms with van der Waals surface area (Å²) < 4.78 is 1.85. The van der Waals surface area contributed by atoms with Crippen LogP contribution in [0.25, 0.3) is 10.4 Å². The van der Waals surface area contributed by atoms with Crippen molar-refractivity contribution in [3.8, 4) is 10.4 Å². The van der Waals surface area contributed by atoms with Crippen LogP contribution in [0.1, 0.15) is 37.8 Å². The summed E-state index contributed by atoms with van der Waals surface area (Å²) in [6, 6.07) is 13.1. The molecule has 0 atom stereocenters. The number of piperidine rings is 1. The van der Waals surface area contributed by atoms with Gasteiger partial charge in [-0.2, -0.15) is 5.10 Å². The molecule has 0 spiro atoms. The molecule has 4 rings (SSSR count). The van der Waals surface area contributed by atoms with Crippen LogP contribution < -0.4 is 5.32 Å². The van der Waals surface area contributed by atoms with E-state index in [1.54, 1.807) is 11.3 Å². The third-order valence-electron chi connectivity index (χ3n) is 6.15. The molecule has 5 nitrogen and oxygen atoms in total. The number of thiophene rings is 1. The molecule has 1 saturated heterocycles. The second-order valence-electron chi connectivity index (χ2n) is 9.06.